The van der Waals surface area contributed by atoms with Crippen molar-refractivity contribution in [3.05, 3.63) is 36.5 Å². The summed E-state index contributed by atoms with van der Waals surface area (Å²) < 4.78 is 5.40. The van der Waals surface area contributed by atoms with Crippen molar-refractivity contribution in [2.45, 2.75) is 25.9 Å². The van der Waals surface area contributed by atoms with Crippen LogP contribution in [0.4, 0.5) is 5.69 Å². The molecule has 1 heterocycles. The van der Waals surface area contributed by atoms with Crippen LogP contribution in [0.3, 0.4) is 0 Å². The van der Waals surface area contributed by atoms with Crippen molar-refractivity contribution in [1.29, 1.82) is 0 Å². The second-order valence-corrected chi connectivity index (χ2v) is 5.05. The van der Waals surface area contributed by atoms with Gasteiger partial charge in [0.25, 0.3) is 0 Å². The third kappa shape index (κ3) is 3.20. The van der Waals surface area contributed by atoms with Crippen molar-refractivity contribution in [3.63, 3.8) is 0 Å². The summed E-state index contributed by atoms with van der Waals surface area (Å²) >= 11 is 0. The Morgan fingerprint density at radius 2 is 2.11 bits per heavy atom. The molecule has 0 aliphatic carbocycles. The number of rotatable bonds is 5. The van der Waals surface area contributed by atoms with Gasteiger partial charge >= 0.3 is 0 Å². The first-order valence-corrected chi connectivity index (χ1v) is 6.24. The second-order valence-electron chi connectivity index (χ2n) is 5.05. The van der Waals surface area contributed by atoms with Crippen molar-refractivity contribution in [3.8, 4) is 0 Å². The second kappa shape index (κ2) is 5.36. The number of fused-ring (bicyclic) bond motifs is 1. The molecule has 96 valence electrons. The van der Waals surface area contributed by atoms with Crippen molar-refractivity contribution >= 4 is 16.6 Å². The van der Waals surface area contributed by atoms with Crippen LogP contribution in [0.2, 0.25) is 0 Å². The summed E-state index contributed by atoms with van der Waals surface area (Å²) in [5.74, 6) is 0. The zero-order valence-electron chi connectivity index (χ0n) is 11.2. The van der Waals surface area contributed by atoms with E-state index < -0.39 is 0 Å². The molecule has 0 aliphatic rings. The molecule has 0 unspecified atom stereocenters. The van der Waals surface area contributed by atoms with Crippen LogP contribution in [0.1, 0.15) is 20.3 Å². The summed E-state index contributed by atoms with van der Waals surface area (Å²) in [6.07, 6.45) is 2.78. The Morgan fingerprint density at radius 1 is 1.28 bits per heavy atom. The predicted molar refractivity (Wildman–Crippen MR) is 75.9 cm³/mol. The molecule has 1 aromatic carbocycles. The first-order chi connectivity index (χ1) is 8.61. The molecule has 0 saturated heterocycles. The molecule has 3 heteroatoms. The third-order valence-electron chi connectivity index (χ3n) is 3.21. The topological polar surface area (TPSA) is 34.1 Å². The molecule has 0 amide bonds. The molecule has 0 fully saturated rings. The van der Waals surface area contributed by atoms with Gasteiger partial charge in [-0.15, -0.1) is 0 Å². The van der Waals surface area contributed by atoms with Gasteiger partial charge < -0.3 is 10.1 Å². The molecule has 0 atom stereocenters. The number of aromatic nitrogens is 1. The van der Waals surface area contributed by atoms with Gasteiger partial charge in [0.2, 0.25) is 0 Å². The van der Waals surface area contributed by atoms with E-state index in [2.05, 4.69) is 42.3 Å². The minimum atomic E-state index is -0.0780. The number of pyridine rings is 1. The first kappa shape index (κ1) is 12.8. The Kier molecular flexibility index (Phi) is 3.82. The van der Waals surface area contributed by atoms with Crippen molar-refractivity contribution < 1.29 is 4.74 Å². The Hall–Kier alpha value is -1.61. The van der Waals surface area contributed by atoms with E-state index in [0.717, 1.165) is 29.6 Å². The van der Waals surface area contributed by atoms with E-state index in [1.165, 1.54) is 0 Å². The van der Waals surface area contributed by atoms with Crippen molar-refractivity contribution in [2.75, 3.05) is 19.0 Å². The predicted octanol–water partition coefficient (Wildman–Crippen LogP) is 3.46. The van der Waals surface area contributed by atoms with E-state index in [9.17, 15) is 0 Å². The van der Waals surface area contributed by atoms with Gasteiger partial charge in [-0.3, -0.25) is 4.98 Å². The Balaban J connectivity index is 2.00. The molecule has 2 rings (SSSR count). The average molecular weight is 244 g/mol. The van der Waals surface area contributed by atoms with E-state index in [4.69, 9.17) is 4.74 Å². The SMILES string of the molecule is COC(C)(C)CCNc1ccc2ncccc2c1. The lowest BCUT2D eigenvalue weighted by atomic mass is 10.1. The van der Waals surface area contributed by atoms with Gasteiger partial charge in [-0.25, -0.2) is 0 Å². The molecule has 3 nitrogen and oxygen atoms in total. The van der Waals surface area contributed by atoms with E-state index >= 15 is 0 Å². The number of ether oxygens (including phenoxy) is 1. The molecular weight excluding hydrogens is 224 g/mol. The fourth-order valence-electron chi connectivity index (χ4n) is 1.80. The summed E-state index contributed by atoms with van der Waals surface area (Å²) in [6, 6.07) is 10.3. The normalized spacial score (nSPS) is 11.7. The molecule has 0 bridgehead atoms. The third-order valence-corrected chi connectivity index (χ3v) is 3.21. The van der Waals surface area contributed by atoms with Crippen LogP contribution in [-0.2, 0) is 4.74 Å². The van der Waals surface area contributed by atoms with Gasteiger partial charge in [-0.05, 0) is 44.5 Å². The maximum Gasteiger partial charge on any atom is 0.0703 e. The van der Waals surface area contributed by atoms with Crippen LogP contribution >= 0.6 is 0 Å². The monoisotopic (exact) mass is 244 g/mol. The highest BCUT2D eigenvalue weighted by Gasteiger charge is 2.15. The number of nitrogens with one attached hydrogen (secondary N) is 1. The minimum Gasteiger partial charge on any atom is -0.385 e. The zero-order valence-corrected chi connectivity index (χ0v) is 11.2. The van der Waals surface area contributed by atoms with Gasteiger partial charge in [0.05, 0.1) is 11.1 Å². The maximum atomic E-state index is 5.40. The number of methoxy groups -OCH3 is 1. The van der Waals surface area contributed by atoms with Crippen LogP contribution in [0.25, 0.3) is 10.9 Å². The first-order valence-electron chi connectivity index (χ1n) is 6.24. The lowest BCUT2D eigenvalue weighted by Gasteiger charge is -2.23. The molecule has 1 N–H and O–H groups in total. The van der Waals surface area contributed by atoms with Crippen LogP contribution in [0.15, 0.2) is 36.5 Å². The quantitative estimate of drug-likeness (QED) is 0.874. The Labute approximate surface area is 108 Å². The molecule has 18 heavy (non-hydrogen) atoms. The van der Waals surface area contributed by atoms with Gasteiger partial charge in [-0.2, -0.15) is 0 Å². The molecule has 0 aliphatic heterocycles. The van der Waals surface area contributed by atoms with E-state index in [0.29, 0.717) is 0 Å². The van der Waals surface area contributed by atoms with Crippen LogP contribution < -0.4 is 5.32 Å². The number of anilines is 1. The summed E-state index contributed by atoms with van der Waals surface area (Å²) in [7, 11) is 1.75. The van der Waals surface area contributed by atoms with Gasteiger partial charge in [-0.1, -0.05) is 6.07 Å². The number of hydrogen-bond donors (Lipinski definition) is 1. The summed E-state index contributed by atoms with van der Waals surface area (Å²) in [6.45, 7) is 5.09. The highest BCUT2D eigenvalue weighted by atomic mass is 16.5. The number of benzene rings is 1. The molecule has 0 saturated carbocycles. The summed E-state index contributed by atoms with van der Waals surface area (Å²) in [5, 5.41) is 4.58. The highest BCUT2D eigenvalue weighted by Crippen LogP contribution is 2.18. The van der Waals surface area contributed by atoms with E-state index in [-0.39, 0.29) is 5.60 Å². The van der Waals surface area contributed by atoms with Gasteiger partial charge in [0, 0.05) is 30.9 Å². The van der Waals surface area contributed by atoms with Crippen LogP contribution in [0.5, 0.6) is 0 Å². The average Bonchev–Trinajstić information content (AvgIpc) is 2.38. The summed E-state index contributed by atoms with van der Waals surface area (Å²) in [4.78, 5) is 4.31. The maximum absolute atomic E-state index is 5.40. The Bertz CT molecular complexity index is 523. The van der Waals surface area contributed by atoms with E-state index in [1.807, 2.05) is 18.3 Å². The molecule has 0 radical (unpaired) electrons. The largest absolute Gasteiger partial charge is 0.385 e. The lowest BCUT2D eigenvalue weighted by Crippen LogP contribution is -2.25. The standard InChI is InChI=1S/C15H20N2O/c1-15(2,18-3)8-10-16-13-6-7-14-12(11-13)5-4-9-17-14/h4-7,9,11,16H,8,10H2,1-3H3. The van der Waals surface area contributed by atoms with Gasteiger partial charge in [0.1, 0.15) is 0 Å². The molecule has 1 aromatic heterocycles. The fraction of sp³-hybridized carbons (Fsp3) is 0.400. The lowest BCUT2D eigenvalue weighted by molar-refractivity contribution is 0.0185. The smallest absolute Gasteiger partial charge is 0.0703 e. The number of hydrogen-bond acceptors (Lipinski definition) is 3. The molecule has 2 aromatic rings. The zero-order chi connectivity index (χ0) is 13.0. The van der Waals surface area contributed by atoms with E-state index in [1.54, 1.807) is 7.11 Å². The summed E-state index contributed by atoms with van der Waals surface area (Å²) in [5.41, 5.74) is 2.08. The molecule has 0 spiro atoms. The van der Waals surface area contributed by atoms with Crippen molar-refractivity contribution in [2.24, 2.45) is 0 Å². The van der Waals surface area contributed by atoms with Crippen LogP contribution in [0, 0.1) is 0 Å². The minimum absolute atomic E-state index is 0.0780. The van der Waals surface area contributed by atoms with Crippen LogP contribution in [-0.4, -0.2) is 24.2 Å². The number of nitrogens with zero attached hydrogens (tertiary/aromatic N) is 1. The van der Waals surface area contributed by atoms with Crippen molar-refractivity contribution in [1.82, 2.24) is 4.98 Å². The Morgan fingerprint density at radius 3 is 2.89 bits per heavy atom. The van der Waals surface area contributed by atoms with Gasteiger partial charge in [0.15, 0.2) is 0 Å². The molecular formula is C15H20N2O. The fourth-order valence-corrected chi connectivity index (χ4v) is 1.80. The highest BCUT2D eigenvalue weighted by molar-refractivity contribution is 5.82.